The number of nitrogens with zero attached hydrogens (tertiary/aromatic N) is 4. The molecule has 0 saturated carbocycles. The summed E-state index contributed by atoms with van der Waals surface area (Å²) >= 11 is 0. The van der Waals surface area contributed by atoms with Crippen LogP contribution in [0.5, 0.6) is 0 Å². The number of fused-ring (bicyclic) bond motifs is 1. The van der Waals surface area contributed by atoms with Crippen molar-refractivity contribution < 1.29 is 18.0 Å². The van der Waals surface area contributed by atoms with Crippen LogP contribution in [-0.4, -0.2) is 39.6 Å². The molecule has 4 rings (SSSR count). The van der Waals surface area contributed by atoms with Crippen LogP contribution in [-0.2, 0) is 12.7 Å². The second-order valence-electron chi connectivity index (χ2n) is 7.46. The number of rotatable bonds is 5. The Hall–Kier alpha value is -3.95. The van der Waals surface area contributed by atoms with E-state index in [-0.39, 0.29) is 5.69 Å². The second-order valence-corrected chi connectivity index (χ2v) is 7.46. The molecule has 3 aromatic rings. The highest BCUT2D eigenvalue weighted by Gasteiger charge is 2.31. The summed E-state index contributed by atoms with van der Waals surface area (Å²) in [5.74, 6) is -0.470. The number of allylic oxidation sites excluding steroid dienone is 1. The molecule has 0 fully saturated rings. The number of likely N-dealkylation sites (N-methyl/N-ethyl adjacent to an activating group) is 1. The summed E-state index contributed by atoms with van der Waals surface area (Å²) in [6.45, 7) is 0.300. The van der Waals surface area contributed by atoms with Gasteiger partial charge in [0.2, 0.25) is 0 Å². The molecule has 0 saturated heterocycles. The summed E-state index contributed by atoms with van der Waals surface area (Å²) in [5.41, 5.74) is 7.39. The van der Waals surface area contributed by atoms with Gasteiger partial charge >= 0.3 is 6.18 Å². The molecule has 32 heavy (non-hydrogen) atoms. The van der Waals surface area contributed by atoms with E-state index < -0.39 is 17.6 Å². The van der Waals surface area contributed by atoms with E-state index in [0.29, 0.717) is 17.4 Å². The van der Waals surface area contributed by atoms with Crippen molar-refractivity contribution >= 4 is 16.8 Å². The standard InChI is InChI=1S/C22H21F3N6O/c1-29(2)18-7-10-31(27-13-18)28-21(32)20-12-16-11-17(22(23,24)25)3-4-19(16)30(20)14-15-5-8-26-9-6-15/h3-13,27H,14H2,1-2H3,(H,28,32). The zero-order chi connectivity index (χ0) is 22.9. The predicted octanol–water partition coefficient (Wildman–Crippen LogP) is 3.49. The Bertz CT molecular complexity index is 1200. The number of carbonyl (C=O) groups excluding carboxylic acids is 1. The van der Waals surface area contributed by atoms with Gasteiger partial charge in [-0.1, -0.05) is 0 Å². The molecular weight excluding hydrogens is 421 g/mol. The van der Waals surface area contributed by atoms with E-state index in [4.69, 9.17) is 0 Å². The third kappa shape index (κ3) is 4.39. The van der Waals surface area contributed by atoms with Crippen LogP contribution < -0.4 is 10.9 Å². The van der Waals surface area contributed by atoms with Crippen molar-refractivity contribution in [2.45, 2.75) is 12.7 Å². The second kappa shape index (κ2) is 8.29. The Balaban J connectivity index is 1.68. The maximum atomic E-state index is 13.2. The van der Waals surface area contributed by atoms with Gasteiger partial charge in [0.1, 0.15) is 5.69 Å². The number of hydrazine groups is 2. The molecule has 7 nitrogen and oxygen atoms in total. The van der Waals surface area contributed by atoms with Gasteiger partial charge < -0.3 is 9.47 Å². The van der Waals surface area contributed by atoms with Crippen LogP contribution in [0, 0.1) is 0 Å². The number of hydrogen-bond acceptors (Lipinski definition) is 5. The summed E-state index contributed by atoms with van der Waals surface area (Å²) in [4.78, 5) is 19.0. The molecule has 0 aliphatic carbocycles. The fourth-order valence-corrected chi connectivity index (χ4v) is 3.37. The minimum Gasteiger partial charge on any atom is -0.376 e. The maximum absolute atomic E-state index is 13.2. The number of hydrogen-bond donors (Lipinski definition) is 2. The zero-order valence-electron chi connectivity index (χ0n) is 17.4. The summed E-state index contributed by atoms with van der Waals surface area (Å²) in [7, 11) is 3.78. The van der Waals surface area contributed by atoms with E-state index in [2.05, 4.69) is 15.8 Å². The molecular formula is C22H21F3N6O. The molecule has 2 N–H and O–H groups in total. The highest BCUT2D eigenvalue weighted by Crippen LogP contribution is 2.32. The molecule has 166 valence electrons. The van der Waals surface area contributed by atoms with E-state index >= 15 is 0 Å². The van der Waals surface area contributed by atoms with Gasteiger partial charge in [0.25, 0.3) is 5.91 Å². The largest absolute Gasteiger partial charge is 0.416 e. The lowest BCUT2D eigenvalue weighted by molar-refractivity contribution is -0.137. The van der Waals surface area contributed by atoms with Crippen LogP contribution in [0.4, 0.5) is 13.2 Å². The molecule has 0 radical (unpaired) electrons. The molecule has 3 heterocycles. The van der Waals surface area contributed by atoms with Gasteiger partial charge in [-0.3, -0.25) is 15.2 Å². The monoisotopic (exact) mass is 442 g/mol. The highest BCUT2D eigenvalue weighted by atomic mass is 19.4. The topological polar surface area (TPSA) is 65.4 Å². The van der Waals surface area contributed by atoms with Gasteiger partial charge in [-0.05, 0) is 48.0 Å². The Morgan fingerprint density at radius 3 is 2.53 bits per heavy atom. The van der Waals surface area contributed by atoms with Gasteiger partial charge in [0.05, 0.1) is 11.3 Å². The summed E-state index contributed by atoms with van der Waals surface area (Å²) in [5, 5.41) is 1.71. The first-order chi connectivity index (χ1) is 15.2. The van der Waals surface area contributed by atoms with Crippen molar-refractivity contribution in [2.75, 3.05) is 14.1 Å². The Labute approximate surface area is 182 Å². The van der Waals surface area contributed by atoms with E-state index in [1.807, 2.05) is 19.0 Å². The number of aromatic nitrogens is 2. The molecule has 1 aromatic carbocycles. The molecule has 1 aliphatic heterocycles. The van der Waals surface area contributed by atoms with Crippen molar-refractivity contribution in [3.05, 3.63) is 89.8 Å². The highest BCUT2D eigenvalue weighted by molar-refractivity contribution is 5.98. The molecule has 0 bridgehead atoms. The van der Waals surface area contributed by atoms with Gasteiger partial charge in [0, 0.05) is 56.3 Å². The molecule has 1 amide bonds. The number of carbonyl (C=O) groups is 1. The van der Waals surface area contributed by atoms with E-state index in [1.54, 1.807) is 47.6 Å². The lowest BCUT2D eigenvalue weighted by Crippen LogP contribution is -2.47. The number of alkyl halides is 3. The Kier molecular flexibility index (Phi) is 5.52. The molecule has 1 aliphatic rings. The fourth-order valence-electron chi connectivity index (χ4n) is 3.37. The molecule has 0 unspecified atom stereocenters. The average Bonchev–Trinajstić information content (AvgIpc) is 3.12. The third-order valence-corrected chi connectivity index (χ3v) is 5.04. The first-order valence-electron chi connectivity index (χ1n) is 9.74. The average molecular weight is 442 g/mol. The molecule has 0 atom stereocenters. The smallest absolute Gasteiger partial charge is 0.376 e. The van der Waals surface area contributed by atoms with E-state index in [9.17, 15) is 18.0 Å². The maximum Gasteiger partial charge on any atom is 0.416 e. The van der Waals surface area contributed by atoms with E-state index in [1.165, 1.54) is 17.3 Å². The number of nitrogens with one attached hydrogen (secondary N) is 2. The van der Waals surface area contributed by atoms with Crippen molar-refractivity contribution in [2.24, 2.45) is 0 Å². The lowest BCUT2D eigenvalue weighted by Gasteiger charge is -2.26. The number of benzene rings is 1. The Morgan fingerprint density at radius 2 is 1.91 bits per heavy atom. The van der Waals surface area contributed by atoms with Crippen LogP contribution in [0.2, 0.25) is 0 Å². The Morgan fingerprint density at radius 1 is 1.16 bits per heavy atom. The minimum atomic E-state index is -4.47. The van der Waals surface area contributed by atoms with Gasteiger partial charge in [-0.25, -0.2) is 10.5 Å². The quantitative estimate of drug-likeness (QED) is 0.634. The van der Waals surface area contributed by atoms with Gasteiger partial charge in [-0.2, -0.15) is 13.2 Å². The number of halogens is 3. The molecule has 0 spiro atoms. The van der Waals surface area contributed by atoms with Crippen LogP contribution in [0.3, 0.4) is 0 Å². The minimum absolute atomic E-state index is 0.230. The first kappa shape index (κ1) is 21.3. The van der Waals surface area contributed by atoms with Crippen molar-refractivity contribution in [3.63, 3.8) is 0 Å². The SMILES string of the molecule is CN(C)C1=CNN(NC(=O)c2cc3cc(C(F)(F)F)ccc3n2Cc2ccncc2)C=C1. The molecule has 10 heteroatoms. The summed E-state index contributed by atoms with van der Waals surface area (Å²) in [6.07, 6.45) is 3.94. The summed E-state index contributed by atoms with van der Waals surface area (Å²) < 4.78 is 41.3. The number of pyridine rings is 1. The van der Waals surface area contributed by atoms with Crippen LogP contribution in [0.15, 0.2) is 73.0 Å². The fraction of sp³-hybridized carbons (Fsp3) is 0.182. The van der Waals surface area contributed by atoms with Crippen molar-refractivity contribution in [3.8, 4) is 0 Å². The van der Waals surface area contributed by atoms with Crippen molar-refractivity contribution in [1.82, 2.24) is 30.4 Å². The van der Waals surface area contributed by atoms with Gasteiger partial charge in [0.15, 0.2) is 0 Å². The van der Waals surface area contributed by atoms with Crippen LogP contribution in [0.25, 0.3) is 10.9 Å². The van der Waals surface area contributed by atoms with Crippen LogP contribution >= 0.6 is 0 Å². The molecule has 2 aromatic heterocycles. The predicted molar refractivity (Wildman–Crippen MR) is 114 cm³/mol. The summed E-state index contributed by atoms with van der Waals surface area (Å²) in [6, 6.07) is 8.52. The van der Waals surface area contributed by atoms with Crippen LogP contribution in [0.1, 0.15) is 21.6 Å². The normalized spacial score (nSPS) is 13.7. The van der Waals surface area contributed by atoms with Gasteiger partial charge in [-0.15, -0.1) is 0 Å². The number of amides is 1. The first-order valence-corrected chi connectivity index (χ1v) is 9.74. The third-order valence-electron chi connectivity index (χ3n) is 5.04. The van der Waals surface area contributed by atoms with E-state index in [0.717, 1.165) is 23.4 Å². The zero-order valence-corrected chi connectivity index (χ0v) is 17.4. The lowest BCUT2D eigenvalue weighted by atomic mass is 10.1. The van der Waals surface area contributed by atoms with Crippen molar-refractivity contribution in [1.29, 1.82) is 0 Å².